The molecule has 0 bridgehead atoms. The minimum absolute atomic E-state index is 0.294. The lowest BCUT2D eigenvalue weighted by atomic mass is 10.3. The van der Waals surface area contributed by atoms with Gasteiger partial charge in [0.2, 0.25) is 0 Å². The van der Waals surface area contributed by atoms with Crippen LogP contribution in [0, 0.1) is 0 Å². The Morgan fingerprint density at radius 3 is 2.74 bits per heavy atom. The lowest BCUT2D eigenvalue weighted by Crippen LogP contribution is -2.21. The summed E-state index contributed by atoms with van der Waals surface area (Å²) >= 11 is 0. The number of aromatic nitrogens is 5. The SMILES string of the molecule is OC1CCN(c2cnn(-c3ncnc4ccc(N5CCC(F)C5)nc34)c2)C1. The molecule has 2 unspecified atom stereocenters. The van der Waals surface area contributed by atoms with Crippen LogP contribution in [0.5, 0.6) is 0 Å². The first-order valence-electron chi connectivity index (χ1n) is 9.16. The van der Waals surface area contributed by atoms with Crippen LogP contribution in [-0.4, -0.2) is 68.3 Å². The molecule has 2 atom stereocenters. The molecule has 27 heavy (non-hydrogen) atoms. The molecule has 2 aliphatic heterocycles. The monoisotopic (exact) mass is 369 g/mol. The smallest absolute Gasteiger partial charge is 0.183 e. The molecule has 3 aromatic rings. The van der Waals surface area contributed by atoms with Gasteiger partial charge in [-0.15, -0.1) is 0 Å². The average Bonchev–Trinajstić information content (AvgIpc) is 3.41. The molecule has 140 valence electrons. The van der Waals surface area contributed by atoms with Crippen molar-refractivity contribution in [3.63, 3.8) is 0 Å². The second-order valence-electron chi connectivity index (χ2n) is 7.10. The van der Waals surface area contributed by atoms with E-state index in [9.17, 15) is 9.50 Å². The number of fused-ring (bicyclic) bond motifs is 1. The van der Waals surface area contributed by atoms with E-state index in [0.717, 1.165) is 24.5 Å². The number of pyridine rings is 1. The molecule has 5 heterocycles. The number of hydrogen-bond acceptors (Lipinski definition) is 7. The Bertz CT molecular complexity index is 977. The van der Waals surface area contributed by atoms with E-state index in [-0.39, 0.29) is 6.10 Å². The zero-order valence-electron chi connectivity index (χ0n) is 14.7. The third-order valence-corrected chi connectivity index (χ3v) is 5.22. The molecule has 3 aromatic heterocycles. The van der Waals surface area contributed by atoms with Crippen molar-refractivity contribution in [2.75, 3.05) is 36.0 Å². The maximum absolute atomic E-state index is 13.6. The number of nitrogens with zero attached hydrogens (tertiary/aromatic N) is 7. The van der Waals surface area contributed by atoms with Crippen LogP contribution in [-0.2, 0) is 0 Å². The molecule has 1 N–H and O–H groups in total. The number of aliphatic hydroxyl groups is 1. The summed E-state index contributed by atoms with van der Waals surface area (Å²) in [5.74, 6) is 1.32. The van der Waals surface area contributed by atoms with Crippen molar-refractivity contribution in [1.29, 1.82) is 0 Å². The lowest BCUT2D eigenvalue weighted by molar-refractivity contribution is 0.198. The highest BCUT2D eigenvalue weighted by atomic mass is 19.1. The van der Waals surface area contributed by atoms with E-state index in [2.05, 4.69) is 20.0 Å². The highest BCUT2D eigenvalue weighted by molar-refractivity contribution is 5.82. The fourth-order valence-electron chi connectivity index (χ4n) is 3.76. The van der Waals surface area contributed by atoms with Gasteiger partial charge in [-0.25, -0.2) is 24.0 Å². The Balaban J connectivity index is 1.52. The minimum atomic E-state index is -0.807. The Hall–Kier alpha value is -2.81. The van der Waals surface area contributed by atoms with Gasteiger partial charge in [0.1, 0.15) is 23.8 Å². The molecule has 9 heteroatoms. The largest absolute Gasteiger partial charge is 0.391 e. The van der Waals surface area contributed by atoms with Gasteiger partial charge in [-0.3, -0.25) is 0 Å². The Morgan fingerprint density at radius 2 is 1.96 bits per heavy atom. The first-order valence-corrected chi connectivity index (χ1v) is 9.16. The van der Waals surface area contributed by atoms with Crippen molar-refractivity contribution < 1.29 is 9.50 Å². The van der Waals surface area contributed by atoms with Crippen LogP contribution in [0.3, 0.4) is 0 Å². The molecule has 2 aliphatic rings. The zero-order valence-corrected chi connectivity index (χ0v) is 14.7. The first kappa shape index (κ1) is 16.4. The Labute approximate surface area is 155 Å². The van der Waals surface area contributed by atoms with Crippen molar-refractivity contribution in [2.45, 2.75) is 25.1 Å². The summed E-state index contributed by atoms with van der Waals surface area (Å²) < 4.78 is 15.2. The minimum Gasteiger partial charge on any atom is -0.391 e. The summed E-state index contributed by atoms with van der Waals surface area (Å²) in [6.07, 6.45) is 5.34. The first-order chi connectivity index (χ1) is 13.2. The summed E-state index contributed by atoms with van der Waals surface area (Å²) in [5, 5.41) is 14.2. The van der Waals surface area contributed by atoms with Crippen LogP contribution >= 0.6 is 0 Å². The van der Waals surface area contributed by atoms with Gasteiger partial charge in [-0.05, 0) is 25.0 Å². The summed E-state index contributed by atoms with van der Waals surface area (Å²) in [5.41, 5.74) is 2.29. The highest BCUT2D eigenvalue weighted by Gasteiger charge is 2.24. The number of aliphatic hydroxyl groups excluding tert-OH is 1. The topological polar surface area (TPSA) is 83.2 Å². The lowest BCUT2D eigenvalue weighted by Gasteiger charge is -2.17. The summed E-state index contributed by atoms with van der Waals surface area (Å²) in [6.45, 7) is 2.44. The van der Waals surface area contributed by atoms with Gasteiger partial charge in [-0.1, -0.05) is 0 Å². The molecule has 0 aromatic carbocycles. The number of anilines is 2. The standard InChI is InChI=1S/C18H20FN7O/c19-12-3-5-25(8-12)16-2-1-15-17(23-16)18(21-11-20-15)26-9-13(7-22-26)24-6-4-14(27)10-24/h1-2,7,9,11-12,14,27H,3-6,8,10H2. The van der Waals surface area contributed by atoms with Gasteiger partial charge >= 0.3 is 0 Å². The molecular weight excluding hydrogens is 349 g/mol. The van der Waals surface area contributed by atoms with Crippen molar-refractivity contribution >= 4 is 22.5 Å². The molecule has 0 amide bonds. The van der Waals surface area contributed by atoms with Crippen molar-refractivity contribution in [3.05, 3.63) is 30.9 Å². The summed E-state index contributed by atoms with van der Waals surface area (Å²) in [7, 11) is 0. The molecule has 0 saturated carbocycles. The molecule has 2 saturated heterocycles. The van der Waals surface area contributed by atoms with E-state index in [0.29, 0.717) is 42.9 Å². The van der Waals surface area contributed by atoms with E-state index < -0.39 is 6.17 Å². The van der Waals surface area contributed by atoms with Gasteiger partial charge in [0.05, 0.1) is 36.2 Å². The predicted octanol–water partition coefficient (Wildman–Crippen LogP) is 1.33. The maximum Gasteiger partial charge on any atom is 0.183 e. The van der Waals surface area contributed by atoms with Crippen LogP contribution < -0.4 is 9.80 Å². The Kier molecular flexibility index (Phi) is 3.89. The number of halogens is 1. The maximum atomic E-state index is 13.6. The number of hydrogen-bond donors (Lipinski definition) is 1. The number of rotatable bonds is 3. The quantitative estimate of drug-likeness (QED) is 0.746. The van der Waals surface area contributed by atoms with Gasteiger partial charge in [-0.2, -0.15) is 5.10 Å². The summed E-state index contributed by atoms with van der Waals surface area (Å²) in [4.78, 5) is 17.4. The van der Waals surface area contributed by atoms with Crippen molar-refractivity contribution in [3.8, 4) is 5.82 Å². The van der Waals surface area contributed by atoms with Gasteiger partial charge < -0.3 is 14.9 Å². The van der Waals surface area contributed by atoms with E-state index >= 15 is 0 Å². The average molecular weight is 369 g/mol. The van der Waals surface area contributed by atoms with Gasteiger partial charge in [0.25, 0.3) is 0 Å². The second-order valence-corrected chi connectivity index (χ2v) is 7.10. The third-order valence-electron chi connectivity index (χ3n) is 5.22. The van der Waals surface area contributed by atoms with Gasteiger partial charge in [0.15, 0.2) is 5.82 Å². The fraction of sp³-hybridized carbons (Fsp3) is 0.444. The molecule has 0 radical (unpaired) electrons. The Morgan fingerprint density at radius 1 is 1.07 bits per heavy atom. The van der Waals surface area contributed by atoms with Crippen LogP contribution in [0.4, 0.5) is 15.9 Å². The predicted molar refractivity (Wildman–Crippen MR) is 99.0 cm³/mol. The molecular formula is C18H20FN7O. The van der Waals surface area contributed by atoms with Crippen LogP contribution in [0.25, 0.3) is 16.9 Å². The van der Waals surface area contributed by atoms with E-state index in [1.807, 2.05) is 23.2 Å². The van der Waals surface area contributed by atoms with E-state index in [1.54, 1.807) is 10.9 Å². The zero-order chi connectivity index (χ0) is 18.4. The molecule has 0 aliphatic carbocycles. The molecule has 5 rings (SSSR count). The molecule has 8 nitrogen and oxygen atoms in total. The number of alkyl halides is 1. The van der Waals surface area contributed by atoms with Crippen LogP contribution in [0.1, 0.15) is 12.8 Å². The molecule has 0 spiro atoms. The van der Waals surface area contributed by atoms with Crippen molar-refractivity contribution in [2.24, 2.45) is 0 Å². The van der Waals surface area contributed by atoms with Crippen LogP contribution in [0.15, 0.2) is 30.9 Å². The normalized spacial score (nSPS) is 22.9. The van der Waals surface area contributed by atoms with E-state index in [1.165, 1.54) is 6.33 Å². The summed E-state index contributed by atoms with van der Waals surface area (Å²) in [6, 6.07) is 3.76. The van der Waals surface area contributed by atoms with Crippen LogP contribution in [0.2, 0.25) is 0 Å². The third kappa shape index (κ3) is 2.97. The number of β-amino-alcohol motifs (C(OH)–C–C–N with tert-alkyl or cyclic N) is 1. The van der Waals surface area contributed by atoms with Gasteiger partial charge in [0, 0.05) is 19.6 Å². The fourth-order valence-corrected chi connectivity index (χ4v) is 3.76. The molecule has 2 fully saturated rings. The highest BCUT2D eigenvalue weighted by Crippen LogP contribution is 2.26. The van der Waals surface area contributed by atoms with E-state index in [4.69, 9.17) is 4.98 Å². The second kappa shape index (κ2) is 6.41. The van der Waals surface area contributed by atoms with Crippen molar-refractivity contribution in [1.82, 2.24) is 24.7 Å².